The van der Waals surface area contributed by atoms with Crippen LogP contribution in [0, 0.1) is 17.2 Å². The number of aromatic nitrogens is 2. The molecule has 2 aliphatic carbocycles. The van der Waals surface area contributed by atoms with Crippen molar-refractivity contribution >= 4 is 17.7 Å². The van der Waals surface area contributed by atoms with E-state index in [0.717, 1.165) is 35.1 Å². The van der Waals surface area contributed by atoms with E-state index in [2.05, 4.69) is 16.5 Å². The first-order chi connectivity index (χ1) is 22.5. The molecule has 47 heavy (non-hydrogen) atoms. The van der Waals surface area contributed by atoms with E-state index in [9.17, 15) is 19.6 Å². The molecule has 1 saturated heterocycles. The minimum Gasteiger partial charge on any atom is -0.424 e. The number of rotatable bonds is 6. The van der Waals surface area contributed by atoms with Crippen LogP contribution in [-0.2, 0) is 23.1 Å². The number of likely N-dealkylation sites (N-methyl/N-ethyl adjacent to an activating group) is 1. The molecule has 11 heteroatoms. The predicted molar refractivity (Wildman–Crippen MR) is 173 cm³/mol. The largest absolute Gasteiger partial charge is 0.424 e. The molecule has 3 aromatic rings. The molecule has 1 aromatic heterocycles. The minimum atomic E-state index is -0.932. The number of amides is 3. The van der Waals surface area contributed by atoms with Gasteiger partial charge in [-0.1, -0.05) is 19.1 Å². The summed E-state index contributed by atoms with van der Waals surface area (Å²) in [6, 6.07) is 13.7. The summed E-state index contributed by atoms with van der Waals surface area (Å²) in [4.78, 5) is 45.1. The van der Waals surface area contributed by atoms with Gasteiger partial charge in [-0.25, -0.2) is 0 Å². The van der Waals surface area contributed by atoms with Gasteiger partial charge in [0.15, 0.2) is 0 Å². The van der Waals surface area contributed by atoms with E-state index in [1.807, 2.05) is 50.2 Å². The molecule has 0 radical (unpaired) electrons. The third-order valence-electron chi connectivity index (χ3n) is 10.6. The van der Waals surface area contributed by atoms with Crippen molar-refractivity contribution in [3.8, 4) is 6.07 Å². The zero-order valence-electron chi connectivity index (χ0n) is 27.6. The van der Waals surface area contributed by atoms with Gasteiger partial charge in [-0.15, -0.1) is 10.2 Å². The number of nitrogens with one attached hydrogen (secondary N) is 1. The van der Waals surface area contributed by atoms with Crippen molar-refractivity contribution in [2.24, 2.45) is 5.92 Å². The van der Waals surface area contributed by atoms with Gasteiger partial charge in [-0.3, -0.25) is 14.4 Å². The number of nitriles is 1. The molecule has 2 fully saturated rings. The molecule has 6 bridgehead atoms. The van der Waals surface area contributed by atoms with Gasteiger partial charge in [0.25, 0.3) is 11.8 Å². The zero-order valence-corrected chi connectivity index (χ0v) is 27.6. The quantitative estimate of drug-likeness (QED) is 0.436. The maximum atomic E-state index is 13.6. The number of carbonyl (C=O) groups is 3. The third-order valence-corrected chi connectivity index (χ3v) is 10.6. The molecule has 1 saturated carbocycles. The lowest BCUT2D eigenvalue weighted by atomic mass is 9.68. The van der Waals surface area contributed by atoms with Crippen molar-refractivity contribution < 1.29 is 18.8 Å². The second-order valence-electron chi connectivity index (χ2n) is 14.1. The van der Waals surface area contributed by atoms with E-state index in [-0.39, 0.29) is 48.3 Å². The summed E-state index contributed by atoms with van der Waals surface area (Å²) < 4.78 is 6.61. The molecule has 0 spiro atoms. The van der Waals surface area contributed by atoms with Crippen LogP contribution < -0.4 is 5.32 Å². The van der Waals surface area contributed by atoms with Crippen molar-refractivity contribution in [3.63, 3.8) is 0 Å². The first-order valence-corrected chi connectivity index (χ1v) is 16.5. The summed E-state index contributed by atoms with van der Waals surface area (Å²) in [6.45, 7) is 4.55. The molecule has 244 valence electrons. The number of likely N-dealkylation sites (tertiary alicyclic amines) is 1. The van der Waals surface area contributed by atoms with Crippen LogP contribution >= 0.6 is 0 Å². The Bertz CT molecular complexity index is 1810. The van der Waals surface area contributed by atoms with Crippen molar-refractivity contribution in [2.75, 3.05) is 34.2 Å². The average Bonchev–Trinajstić information content (AvgIpc) is 3.48. The number of nitrogens with zero attached hydrogens (tertiary/aromatic N) is 6. The molecular formula is C36H41N7O4. The van der Waals surface area contributed by atoms with Gasteiger partial charge < -0.3 is 24.4 Å². The molecule has 2 aromatic carbocycles. The first-order valence-electron chi connectivity index (χ1n) is 16.5. The Morgan fingerprint density at radius 1 is 1.13 bits per heavy atom. The Balaban J connectivity index is 1.34. The number of hydrogen-bond donors (Lipinski definition) is 1. The van der Waals surface area contributed by atoms with E-state index in [1.165, 1.54) is 0 Å². The van der Waals surface area contributed by atoms with Gasteiger partial charge >= 0.3 is 0 Å². The highest BCUT2D eigenvalue weighted by molar-refractivity contribution is 5.95. The van der Waals surface area contributed by atoms with Crippen molar-refractivity contribution in [1.29, 1.82) is 5.26 Å². The molecule has 3 amide bonds. The minimum absolute atomic E-state index is 0.0562. The standard InChI is InChI=1S/C36H41N7O4/c1-20-19-42(5)34(46)25-9-11-29-23(13-25)7-6-22-12-24(33(45)41(3)4)8-10-28(22)36(29,35-40-39-32(20)47-35)16-21(2)38-18-31(44)43-27(17-37)14-26-15-30(26)43/h8-13,20-21,26-27,30,38H,6-7,14-16,18-19H2,1-5H3/t20?,21-,26+,27?,30-,36?/m0/s1. The van der Waals surface area contributed by atoms with Gasteiger partial charge in [-0.2, -0.15) is 5.26 Å². The van der Waals surface area contributed by atoms with Gasteiger partial charge in [0.05, 0.1) is 18.5 Å². The van der Waals surface area contributed by atoms with E-state index >= 15 is 0 Å². The number of piperidine rings is 1. The van der Waals surface area contributed by atoms with Gasteiger partial charge in [-0.05, 0) is 91.5 Å². The summed E-state index contributed by atoms with van der Waals surface area (Å²) in [5.74, 6) is 0.936. The Morgan fingerprint density at radius 3 is 2.57 bits per heavy atom. The number of fused-ring (bicyclic) bond motifs is 6. The monoisotopic (exact) mass is 635 g/mol. The van der Waals surface area contributed by atoms with E-state index in [0.29, 0.717) is 54.6 Å². The first kappa shape index (κ1) is 31.1. The van der Waals surface area contributed by atoms with Crippen LogP contribution in [0.25, 0.3) is 0 Å². The van der Waals surface area contributed by atoms with Gasteiger partial charge in [0, 0.05) is 50.9 Å². The number of aryl methyl sites for hydroxylation is 2. The maximum Gasteiger partial charge on any atom is 0.253 e. The van der Waals surface area contributed by atoms with Crippen LogP contribution in [-0.4, -0.2) is 95.0 Å². The molecule has 3 unspecified atom stereocenters. The molecule has 6 atom stereocenters. The summed E-state index contributed by atoms with van der Waals surface area (Å²) in [7, 11) is 5.27. The summed E-state index contributed by atoms with van der Waals surface area (Å²) in [5.41, 5.74) is 4.22. The van der Waals surface area contributed by atoms with Crippen molar-refractivity contribution in [2.45, 2.75) is 75.4 Å². The highest BCUT2D eigenvalue weighted by Crippen LogP contribution is 2.49. The number of carbonyl (C=O) groups excluding carboxylic acids is 3. The molecule has 11 nitrogen and oxygen atoms in total. The third kappa shape index (κ3) is 5.19. The lowest BCUT2D eigenvalue weighted by Crippen LogP contribution is -2.46. The zero-order chi connectivity index (χ0) is 33.2. The smallest absolute Gasteiger partial charge is 0.253 e. The molecule has 4 heterocycles. The Kier molecular flexibility index (Phi) is 7.66. The van der Waals surface area contributed by atoms with Crippen LogP contribution in [0.3, 0.4) is 0 Å². The van der Waals surface area contributed by atoms with Gasteiger partial charge in [0.1, 0.15) is 11.5 Å². The lowest BCUT2D eigenvalue weighted by Gasteiger charge is -2.36. The Hall–Kier alpha value is -4.56. The molecule has 8 rings (SSSR count). The van der Waals surface area contributed by atoms with E-state index in [4.69, 9.17) is 9.52 Å². The fourth-order valence-corrected chi connectivity index (χ4v) is 8.12. The van der Waals surface area contributed by atoms with Crippen molar-refractivity contribution in [3.05, 3.63) is 81.6 Å². The SMILES string of the molecule is CC1CN(C)C(=O)c2ccc3c(c2)CCc2cc(C(=O)N(C)C)ccc2C3(C[C@H](C)NCC(=O)N2C(C#N)C[C@@H]3C[C@@H]32)c2nnc1o2. The highest BCUT2D eigenvalue weighted by atomic mass is 16.4. The molecular weight excluding hydrogens is 594 g/mol. The van der Waals surface area contributed by atoms with Crippen molar-refractivity contribution in [1.82, 2.24) is 30.2 Å². The lowest BCUT2D eigenvalue weighted by molar-refractivity contribution is -0.131. The highest BCUT2D eigenvalue weighted by Gasteiger charge is 2.54. The predicted octanol–water partition coefficient (Wildman–Crippen LogP) is 3.27. The average molecular weight is 636 g/mol. The fourth-order valence-electron chi connectivity index (χ4n) is 8.12. The molecule has 1 N–H and O–H groups in total. The number of benzene rings is 2. The van der Waals surface area contributed by atoms with Crippen LogP contribution in [0.1, 0.15) is 93.8 Å². The molecule has 5 aliphatic rings. The van der Waals surface area contributed by atoms with E-state index < -0.39 is 5.41 Å². The summed E-state index contributed by atoms with van der Waals surface area (Å²) in [6.07, 6.45) is 3.51. The Morgan fingerprint density at radius 2 is 1.85 bits per heavy atom. The Labute approximate surface area is 274 Å². The normalized spacial score (nSPS) is 26.3. The summed E-state index contributed by atoms with van der Waals surface area (Å²) in [5, 5.41) is 22.4. The van der Waals surface area contributed by atoms with Crippen LogP contribution in [0.15, 0.2) is 40.8 Å². The fraction of sp³-hybridized carbons (Fsp3) is 0.500. The van der Waals surface area contributed by atoms with E-state index in [1.54, 1.807) is 35.8 Å². The van der Waals surface area contributed by atoms with Crippen LogP contribution in [0.2, 0.25) is 0 Å². The second-order valence-corrected chi connectivity index (χ2v) is 14.1. The summed E-state index contributed by atoms with van der Waals surface area (Å²) >= 11 is 0. The van der Waals surface area contributed by atoms with Crippen LogP contribution in [0.5, 0.6) is 0 Å². The van der Waals surface area contributed by atoms with Gasteiger partial charge in [0.2, 0.25) is 17.7 Å². The topological polar surface area (TPSA) is 136 Å². The second kappa shape index (κ2) is 11.6. The number of hydrogen-bond acceptors (Lipinski definition) is 8. The molecule has 3 aliphatic heterocycles. The maximum absolute atomic E-state index is 13.6. The van der Waals surface area contributed by atoms with Crippen LogP contribution in [0.4, 0.5) is 0 Å².